The minimum Gasteiger partial charge on any atom is -0.289 e. The van der Waals surface area contributed by atoms with E-state index >= 15 is 0 Å². The third-order valence-electron chi connectivity index (χ3n) is 0.511. The zero-order chi connectivity index (χ0) is 6.62. The lowest BCUT2D eigenvalue weighted by atomic mass is 10.9. The Bertz CT molecular complexity index is 101. The highest BCUT2D eigenvalue weighted by molar-refractivity contribution is 7.47. The van der Waals surface area contributed by atoms with Crippen molar-refractivity contribution >= 4 is 7.82 Å². The van der Waals surface area contributed by atoms with E-state index in [0.717, 1.165) is 7.11 Å². The molecule has 0 saturated heterocycles. The highest BCUT2D eigenvalue weighted by Gasteiger charge is 2.18. The Balaban J connectivity index is 3.55. The van der Waals surface area contributed by atoms with Crippen LogP contribution in [0.1, 0.15) is 6.92 Å². The van der Waals surface area contributed by atoms with Crippen molar-refractivity contribution in [3.8, 4) is 0 Å². The molecule has 0 spiro atoms. The van der Waals surface area contributed by atoms with Gasteiger partial charge in [-0.05, 0) is 6.92 Å². The summed E-state index contributed by atoms with van der Waals surface area (Å²) in [6.07, 6.45) is 0. The van der Waals surface area contributed by atoms with Gasteiger partial charge in [-0.1, -0.05) is 0 Å². The molecule has 4 nitrogen and oxygen atoms in total. The SMILES string of the molecule is CCOP([O])(=O)OC. The molecule has 0 aromatic rings. The predicted molar refractivity (Wildman–Crippen MR) is 26.9 cm³/mol. The van der Waals surface area contributed by atoms with Crippen LogP contribution in [-0.4, -0.2) is 13.7 Å². The second-order valence-corrected chi connectivity index (χ2v) is 2.57. The van der Waals surface area contributed by atoms with Crippen molar-refractivity contribution in [2.45, 2.75) is 6.92 Å². The molecule has 5 heteroatoms. The van der Waals surface area contributed by atoms with Crippen molar-refractivity contribution < 1.29 is 18.5 Å². The van der Waals surface area contributed by atoms with Crippen molar-refractivity contribution in [3.05, 3.63) is 0 Å². The first-order valence-corrected chi connectivity index (χ1v) is 3.59. The lowest BCUT2D eigenvalue weighted by Crippen LogP contribution is -1.87. The molecule has 0 heterocycles. The van der Waals surface area contributed by atoms with Gasteiger partial charge >= 0.3 is 7.82 Å². The molecule has 0 fully saturated rings. The van der Waals surface area contributed by atoms with Crippen LogP contribution in [0.3, 0.4) is 0 Å². The fraction of sp³-hybridized carbons (Fsp3) is 1.00. The molecule has 0 bridgehead atoms. The van der Waals surface area contributed by atoms with Gasteiger partial charge in [0.1, 0.15) is 0 Å². The molecule has 0 aromatic heterocycles. The highest BCUT2D eigenvalue weighted by Crippen LogP contribution is 2.42. The summed E-state index contributed by atoms with van der Waals surface area (Å²) >= 11 is 0. The average Bonchev–Trinajstić information content (AvgIpc) is 1.67. The topological polar surface area (TPSA) is 55.4 Å². The summed E-state index contributed by atoms with van der Waals surface area (Å²) in [5.41, 5.74) is 0. The van der Waals surface area contributed by atoms with Crippen LogP contribution in [0.2, 0.25) is 0 Å². The van der Waals surface area contributed by atoms with Crippen molar-refractivity contribution in [3.63, 3.8) is 0 Å². The standard InChI is InChI=1S/C3H8O4P/c1-3-7-8(4,5)6-2/h3H2,1-2H3. The molecule has 0 saturated carbocycles. The Morgan fingerprint density at radius 3 is 2.25 bits per heavy atom. The van der Waals surface area contributed by atoms with Gasteiger partial charge in [0.25, 0.3) is 0 Å². The van der Waals surface area contributed by atoms with Crippen molar-refractivity contribution in [2.24, 2.45) is 0 Å². The van der Waals surface area contributed by atoms with Crippen molar-refractivity contribution in [1.29, 1.82) is 0 Å². The third-order valence-corrected chi connectivity index (χ3v) is 1.53. The van der Waals surface area contributed by atoms with Crippen LogP contribution in [-0.2, 0) is 18.5 Å². The van der Waals surface area contributed by atoms with Gasteiger partial charge in [-0.2, -0.15) is 0 Å². The van der Waals surface area contributed by atoms with E-state index in [2.05, 4.69) is 9.05 Å². The normalized spacial score (nSPS) is 17.9. The summed E-state index contributed by atoms with van der Waals surface area (Å²) in [6, 6.07) is 0. The Hall–Kier alpha value is 0.110. The number of rotatable bonds is 3. The summed E-state index contributed by atoms with van der Waals surface area (Å²) in [5.74, 6) is 0. The van der Waals surface area contributed by atoms with Crippen LogP contribution in [0.5, 0.6) is 0 Å². The minimum atomic E-state index is -3.92. The lowest BCUT2D eigenvalue weighted by molar-refractivity contribution is 0.156. The van der Waals surface area contributed by atoms with E-state index in [9.17, 15) is 9.46 Å². The molecule has 1 unspecified atom stereocenters. The fourth-order valence-electron chi connectivity index (χ4n) is 0.211. The first-order chi connectivity index (χ1) is 3.62. The van der Waals surface area contributed by atoms with Gasteiger partial charge in [0.2, 0.25) is 0 Å². The van der Waals surface area contributed by atoms with E-state index in [1.165, 1.54) is 0 Å². The zero-order valence-electron chi connectivity index (χ0n) is 4.79. The van der Waals surface area contributed by atoms with E-state index < -0.39 is 7.82 Å². The van der Waals surface area contributed by atoms with Crippen LogP contribution >= 0.6 is 7.82 Å². The Labute approximate surface area is 48.0 Å². The molecular formula is C3H8O4P. The highest BCUT2D eigenvalue weighted by atomic mass is 31.2. The van der Waals surface area contributed by atoms with Gasteiger partial charge in [-0.3, -0.25) is 9.05 Å². The van der Waals surface area contributed by atoms with Crippen LogP contribution in [0.15, 0.2) is 0 Å². The largest absolute Gasteiger partial charge is 0.502 e. The average molecular weight is 139 g/mol. The van der Waals surface area contributed by atoms with E-state index in [0.29, 0.717) is 0 Å². The number of hydrogen-bond acceptors (Lipinski definition) is 3. The Kier molecular flexibility index (Phi) is 3.24. The summed E-state index contributed by atoms with van der Waals surface area (Å²) in [4.78, 5) is 10.2. The lowest BCUT2D eigenvalue weighted by Gasteiger charge is -2.02. The molecule has 0 N–H and O–H groups in total. The summed E-state index contributed by atoms with van der Waals surface area (Å²) in [5, 5.41) is 0. The van der Waals surface area contributed by atoms with Crippen LogP contribution in [0.25, 0.3) is 0 Å². The second kappa shape index (κ2) is 3.20. The van der Waals surface area contributed by atoms with Gasteiger partial charge in [-0.25, -0.2) is 4.57 Å². The van der Waals surface area contributed by atoms with Gasteiger partial charge < -0.3 is 0 Å². The molecule has 8 heavy (non-hydrogen) atoms. The summed E-state index contributed by atoms with van der Waals surface area (Å²) < 4.78 is 18.3. The maximum atomic E-state index is 10.2. The molecule has 0 rings (SSSR count). The minimum absolute atomic E-state index is 0.120. The molecule has 1 atom stereocenters. The molecule has 0 aliphatic heterocycles. The third kappa shape index (κ3) is 3.16. The molecule has 49 valence electrons. The van der Waals surface area contributed by atoms with E-state index in [1.54, 1.807) is 6.92 Å². The van der Waals surface area contributed by atoms with Crippen LogP contribution in [0.4, 0.5) is 0 Å². The fourth-order valence-corrected chi connectivity index (χ4v) is 0.632. The number of hydrogen-bond donors (Lipinski definition) is 0. The van der Waals surface area contributed by atoms with Gasteiger partial charge in [0.05, 0.1) is 6.61 Å². The van der Waals surface area contributed by atoms with Crippen LogP contribution < -0.4 is 0 Å². The monoisotopic (exact) mass is 139 g/mol. The first kappa shape index (κ1) is 8.11. The molecule has 1 radical (unpaired) electrons. The zero-order valence-corrected chi connectivity index (χ0v) is 5.68. The molecule has 0 aliphatic rings. The van der Waals surface area contributed by atoms with E-state index in [-0.39, 0.29) is 6.61 Å². The maximum Gasteiger partial charge on any atom is 0.502 e. The quantitative estimate of drug-likeness (QED) is 0.552. The maximum absolute atomic E-state index is 10.2. The molecule has 0 amide bonds. The molecular weight excluding hydrogens is 131 g/mol. The molecule has 0 aliphatic carbocycles. The van der Waals surface area contributed by atoms with Crippen LogP contribution in [0, 0.1) is 0 Å². The van der Waals surface area contributed by atoms with Gasteiger partial charge in [0.15, 0.2) is 0 Å². The summed E-state index contributed by atoms with van der Waals surface area (Å²) in [6.45, 7) is 1.69. The Morgan fingerprint density at radius 2 is 2.12 bits per heavy atom. The smallest absolute Gasteiger partial charge is 0.289 e. The van der Waals surface area contributed by atoms with Gasteiger partial charge in [-0.15, -0.1) is 4.89 Å². The second-order valence-electron chi connectivity index (χ2n) is 1.05. The first-order valence-electron chi connectivity index (χ1n) is 2.13. The van der Waals surface area contributed by atoms with E-state index in [4.69, 9.17) is 0 Å². The predicted octanol–water partition coefficient (Wildman–Crippen LogP) is 1.21. The van der Waals surface area contributed by atoms with Gasteiger partial charge in [0, 0.05) is 7.11 Å². The summed E-state index contributed by atoms with van der Waals surface area (Å²) in [7, 11) is -2.86. The Morgan fingerprint density at radius 1 is 1.62 bits per heavy atom. The van der Waals surface area contributed by atoms with E-state index in [1.807, 2.05) is 0 Å². The van der Waals surface area contributed by atoms with Crippen molar-refractivity contribution in [2.75, 3.05) is 13.7 Å². The van der Waals surface area contributed by atoms with Crippen molar-refractivity contribution in [1.82, 2.24) is 0 Å². The molecule has 0 aromatic carbocycles.